The highest BCUT2D eigenvalue weighted by molar-refractivity contribution is 5.96. The molecule has 139 heavy (non-hydrogen) atoms. The molecule has 6 aliphatic rings. The summed E-state index contributed by atoms with van der Waals surface area (Å²) < 4.78 is 105. The first-order valence-electron chi connectivity index (χ1n) is 47.1. The maximum absolute atomic E-state index is 15.8. The zero-order valence-corrected chi connectivity index (χ0v) is 78.5. The van der Waals surface area contributed by atoms with Gasteiger partial charge in [0.2, 0.25) is 41.7 Å². The van der Waals surface area contributed by atoms with Crippen molar-refractivity contribution in [2.24, 2.45) is 5.92 Å². The van der Waals surface area contributed by atoms with Gasteiger partial charge in [-0.05, 0) is 116 Å². The Morgan fingerprint density at radius 3 is 1.81 bits per heavy atom. The van der Waals surface area contributed by atoms with Gasteiger partial charge in [-0.15, -0.1) is 0 Å². The van der Waals surface area contributed by atoms with Gasteiger partial charge in [0.15, 0.2) is 11.7 Å². The SMILES string of the molecule is CC[C@@]1(O)C(=O)OCc2c1cc1n(c2=O)Cc2c-1nc1cc(F)c(C)c3c1c2[C@@H](NC(=O)OCc1ccc(O[C@@H]2O[C@H](C(=O)O)[C@@H](O)[C@H](O)[C@H]2O)c(CNC(=O)CCNC(=O)[C@H](CNC(=O)CCOCCOCCOCCOCCOCCOCCOCCOCCOCCOCCOCCOC)NC(=O)C2CCN(C(=O)CCCCC(=O)N4Cc5ccccc5C#Cc5ccccc54)CC2)c1)CC3. The number of carboxylic acid groups (broad SMARTS) is 1. The van der Waals surface area contributed by atoms with Crippen molar-refractivity contribution in [1.82, 2.24) is 41.0 Å². The monoisotopic (exact) mass is 1940 g/mol. The quantitative estimate of drug-likeness (QED) is 0.0148. The number of likely N-dealkylation sites (tertiary alicyclic amines) is 1. The van der Waals surface area contributed by atoms with Crippen LogP contribution < -0.4 is 41.8 Å². The number of esters is 1. The van der Waals surface area contributed by atoms with Crippen LogP contribution in [-0.2, 0) is 154 Å². The number of unbranched alkanes of at least 4 members (excludes halogenated alkanes) is 1. The van der Waals surface area contributed by atoms with Crippen LogP contribution in [0.1, 0.15) is 138 Å². The van der Waals surface area contributed by atoms with E-state index in [0.29, 0.717) is 185 Å². The molecule has 0 unspecified atom stereocenters. The molecule has 2 aromatic heterocycles. The van der Waals surface area contributed by atoms with Gasteiger partial charge in [0, 0.05) is 111 Å². The summed E-state index contributed by atoms with van der Waals surface area (Å²) in [6.45, 7) is 10.9. The Morgan fingerprint density at radius 2 is 1.20 bits per heavy atom. The molecule has 41 heteroatoms. The van der Waals surface area contributed by atoms with Crippen LogP contribution in [-0.4, -0.2) is 315 Å². The van der Waals surface area contributed by atoms with Crippen molar-refractivity contribution < 1.29 is 149 Å². The van der Waals surface area contributed by atoms with Gasteiger partial charge in [-0.25, -0.2) is 23.8 Å². The third-order valence-corrected chi connectivity index (χ3v) is 24.5. The highest BCUT2D eigenvalue weighted by atomic mass is 19.1. The maximum atomic E-state index is 15.8. The summed E-state index contributed by atoms with van der Waals surface area (Å²) in [5, 5.41) is 68.0. The van der Waals surface area contributed by atoms with E-state index in [0.717, 1.165) is 16.7 Å². The van der Waals surface area contributed by atoms with Crippen LogP contribution in [0.4, 0.5) is 14.9 Å². The zero-order chi connectivity index (χ0) is 98.6. The molecule has 40 nitrogen and oxygen atoms in total. The number of para-hydroxylation sites is 1. The lowest BCUT2D eigenvalue weighted by molar-refractivity contribution is -0.271. The summed E-state index contributed by atoms with van der Waals surface area (Å²) in [6.07, 6.45) is -9.35. The van der Waals surface area contributed by atoms with Gasteiger partial charge in [-0.3, -0.25) is 33.6 Å². The van der Waals surface area contributed by atoms with E-state index < -0.39 is 120 Å². The van der Waals surface area contributed by atoms with Crippen LogP contribution in [0.3, 0.4) is 0 Å². The van der Waals surface area contributed by atoms with Crippen LogP contribution in [0.25, 0.3) is 22.3 Å². The van der Waals surface area contributed by atoms with Crippen molar-refractivity contribution in [3.05, 3.63) is 156 Å². The molecule has 6 aromatic rings. The van der Waals surface area contributed by atoms with Gasteiger partial charge in [-0.1, -0.05) is 55.2 Å². The van der Waals surface area contributed by atoms with E-state index in [-0.39, 0.29) is 174 Å². The second-order valence-corrected chi connectivity index (χ2v) is 33.8. The number of aliphatic hydroxyl groups is 4. The summed E-state index contributed by atoms with van der Waals surface area (Å²) in [4.78, 5) is 145. The van der Waals surface area contributed by atoms with Gasteiger partial charge < -0.3 is 142 Å². The molecule has 0 radical (unpaired) electrons. The number of cyclic esters (lactones) is 1. The lowest BCUT2D eigenvalue weighted by Gasteiger charge is -2.38. The number of anilines is 1. The van der Waals surface area contributed by atoms with Crippen LogP contribution in [0.15, 0.2) is 83.7 Å². The third-order valence-electron chi connectivity index (χ3n) is 24.5. The first kappa shape index (κ1) is 107. The number of carboxylic acids is 1. The van der Waals surface area contributed by atoms with Crippen LogP contribution in [0, 0.1) is 30.5 Å². The fourth-order valence-corrected chi connectivity index (χ4v) is 16.8. The molecule has 8 atom stereocenters. The number of methoxy groups -OCH3 is 1. The van der Waals surface area contributed by atoms with Crippen molar-refractivity contribution >= 4 is 70.1 Å². The Bertz CT molecular complexity index is 5300. The summed E-state index contributed by atoms with van der Waals surface area (Å²) >= 11 is 0. The summed E-state index contributed by atoms with van der Waals surface area (Å²) in [5.41, 5.74) is 4.00. The number of halogens is 1. The number of amides is 7. The van der Waals surface area contributed by atoms with Gasteiger partial charge in [-0.2, -0.15) is 0 Å². The Morgan fingerprint density at radius 1 is 0.626 bits per heavy atom. The fourth-order valence-electron chi connectivity index (χ4n) is 16.8. The smallest absolute Gasteiger partial charge is 0.407 e. The van der Waals surface area contributed by atoms with Crippen LogP contribution in [0.5, 0.6) is 5.75 Å². The largest absolute Gasteiger partial charge is 0.479 e. The topological polar surface area (TPSA) is 504 Å². The van der Waals surface area contributed by atoms with E-state index in [4.69, 9.17) is 80.8 Å². The number of hydrogen-bond acceptors (Lipinski definition) is 31. The molecule has 0 saturated carbocycles. The molecule has 0 bridgehead atoms. The molecule has 5 aliphatic heterocycles. The minimum Gasteiger partial charge on any atom is -0.479 e. The number of fused-ring (bicyclic) bond motifs is 7. The number of rotatable bonds is 58. The number of aliphatic carboxylic acids is 1. The lowest BCUT2D eigenvalue weighted by Crippen LogP contribution is -2.61. The van der Waals surface area contributed by atoms with E-state index in [1.54, 1.807) is 30.8 Å². The highest BCUT2D eigenvalue weighted by Gasteiger charge is 2.50. The number of carbonyl (C=O) groups is 9. The third kappa shape index (κ3) is 30.0. The molecule has 0 spiro atoms. The number of pyridine rings is 2. The van der Waals surface area contributed by atoms with E-state index in [2.05, 4.69) is 38.4 Å². The molecular formula is C98H126FN9O31. The molecule has 1 aliphatic carbocycles. The van der Waals surface area contributed by atoms with Crippen molar-refractivity contribution in [3.8, 4) is 29.0 Å². The number of carbonyl (C=O) groups excluding carboxylic acids is 8. The summed E-state index contributed by atoms with van der Waals surface area (Å²) in [6, 6.07) is 20.0. The van der Waals surface area contributed by atoms with E-state index in [9.17, 15) is 73.5 Å². The Labute approximate surface area is 803 Å². The van der Waals surface area contributed by atoms with Crippen molar-refractivity contribution in [1.29, 1.82) is 0 Å². The van der Waals surface area contributed by atoms with Crippen molar-refractivity contribution in [2.45, 2.75) is 166 Å². The summed E-state index contributed by atoms with van der Waals surface area (Å²) in [7, 11) is 1.62. The number of ether oxygens (including phenoxy) is 16. The first-order chi connectivity index (χ1) is 67.4. The summed E-state index contributed by atoms with van der Waals surface area (Å²) in [5.74, 6) is -0.201. The Hall–Kier alpha value is -11.1. The second kappa shape index (κ2) is 54.6. The minimum atomic E-state index is -2.13. The average molecular weight is 1950 g/mol. The van der Waals surface area contributed by atoms with Gasteiger partial charge in [0.1, 0.15) is 49.1 Å². The Kier molecular flexibility index (Phi) is 41.9. The normalized spacial score (nSPS) is 18.7. The predicted molar refractivity (Wildman–Crippen MR) is 493 cm³/mol. The van der Waals surface area contributed by atoms with Gasteiger partial charge in [0.05, 0.1) is 199 Å². The van der Waals surface area contributed by atoms with E-state index >= 15 is 4.39 Å². The van der Waals surface area contributed by atoms with Crippen LogP contribution >= 0.6 is 0 Å². The minimum absolute atomic E-state index is 0.0253. The van der Waals surface area contributed by atoms with E-state index in [1.165, 1.54) is 34.9 Å². The number of aryl methyl sites for hydroxylation is 1. The van der Waals surface area contributed by atoms with E-state index in [1.807, 2.05) is 48.5 Å². The first-order valence-corrected chi connectivity index (χ1v) is 47.1. The average Bonchev–Trinajstić information content (AvgIpc) is 1.57. The number of hydrogen-bond donors (Lipinski definition) is 10. The number of nitrogens with one attached hydrogen (secondary N) is 5. The molecule has 7 amide bonds. The molecule has 4 aromatic carbocycles. The molecule has 2 saturated heterocycles. The molecule has 12 rings (SSSR count). The molecule has 7 heterocycles. The number of piperidine rings is 1. The number of aliphatic hydroxyl groups excluding tert-OH is 3. The number of alkyl carbamates (subject to hydrolysis) is 1. The van der Waals surface area contributed by atoms with Crippen molar-refractivity contribution in [2.75, 3.05) is 190 Å². The standard InChI is InChI=1S/C98H126FN9O31/c1-4-98(123)72-54-78-86-70(59-108(78)93(118)71(72)61-136-96(98)121)85-74(21-20-69-62(2)73(99)55-75(103-86)84(69)85)105-97(122)137-60-63-17-22-79(138-95-89(115)87(113)88(114)90(139-95)94(119)120)68(53-63)56-101-80(109)23-27-100-92(117)76(104-91(116)66-24-28-106(29-25-66)82(111)15-9-10-16-83(112)107-58-67-13-6-5-11-64(67)18-19-65-12-7-8-14-77(65)107)57-102-81(110)26-30-125-33-34-127-37-38-129-41-42-131-45-46-133-49-50-135-52-51-134-48-47-132-44-43-130-40-39-128-36-35-126-32-31-124-3/h5-8,11-14,17,22,53-55,66,74,76,87-90,95,113-115,123H,4,9-10,15-16,20-21,23-52,56-61H2,1-3H3,(H,100,117)(H,101,109)(H,102,110)(H,104,116)(H,105,122)(H,119,120)/t74-,76-,87-,88-,89+,90-,95+,98-/m0/s1. The molecular weight excluding hydrogens is 1820 g/mol. The van der Waals surface area contributed by atoms with Gasteiger partial charge >= 0.3 is 18.0 Å². The van der Waals surface area contributed by atoms with Gasteiger partial charge in [0.25, 0.3) is 5.56 Å². The fraction of sp³-hybridized carbons (Fsp3) is 0.561. The Balaban J connectivity index is 0.594. The van der Waals surface area contributed by atoms with Crippen LogP contribution in [0.2, 0.25) is 0 Å². The second-order valence-electron chi connectivity index (χ2n) is 33.8. The molecule has 756 valence electrons. The number of nitrogens with zero attached hydrogens (tertiary/aromatic N) is 4. The number of aromatic nitrogens is 2. The maximum Gasteiger partial charge on any atom is 0.407 e. The molecule has 10 N–H and O–H groups in total. The number of benzene rings is 4. The van der Waals surface area contributed by atoms with Crippen molar-refractivity contribution in [3.63, 3.8) is 0 Å². The highest BCUT2D eigenvalue weighted by Crippen LogP contribution is 2.47. The zero-order valence-electron chi connectivity index (χ0n) is 78.5. The lowest BCUT2D eigenvalue weighted by atomic mass is 9.81. The molecule has 2 fully saturated rings. The predicted octanol–water partition coefficient (Wildman–Crippen LogP) is 3.40.